The van der Waals surface area contributed by atoms with Gasteiger partial charge >= 0.3 is 0 Å². The molecule has 4 heteroatoms. The van der Waals surface area contributed by atoms with E-state index in [-0.39, 0.29) is 24.6 Å². The average molecular weight is 290 g/mol. The minimum Gasteiger partial charge on any atom is -0.395 e. The molecule has 1 saturated heterocycles. The SMILES string of the molecule is CC(C)C(NC(=O)CN1CCC[C@@H]1CO)c1ccccc1. The highest BCUT2D eigenvalue weighted by Gasteiger charge is 2.26. The molecule has 2 atom stereocenters. The van der Waals surface area contributed by atoms with Crippen LogP contribution >= 0.6 is 0 Å². The van der Waals surface area contributed by atoms with Gasteiger partial charge in [0.15, 0.2) is 0 Å². The van der Waals surface area contributed by atoms with Crippen molar-refractivity contribution in [1.82, 2.24) is 10.2 Å². The van der Waals surface area contributed by atoms with Gasteiger partial charge in [-0.3, -0.25) is 9.69 Å². The summed E-state index contributed by atoms with van der Waals surface area (Å²) in [4.78, 5) is 14.4. The van der Waals surface area contributed by atoms with E-state index in [0.717, 1.165) is 24.9 Å². The summed E-state index contributed by atoms with van der Waals surface area (Å²) in [5, 5.41) is 12.5. The maximum absolute atomic E-state index is 12.3. The van der Waals surface area contributed by atoms with Crippen LogP contribution in [0.15, 0.2) is 30.3 Å². The maximum Gasteiger partial charge on any atom is 0.234 e. The summed E-state index contributed by atoms with van der Waals surface area (Å²) in [5.41, 5.74) is 1.14. The molecule has 0 aliphatic carbocycles. The van der Waals surface area contributed by atoms with E-state index >= 15 is 0 Å². The molecule has 1 aliphatic heterocycles. The largest absolute Gasteiger partial charge is 0.395 e. The summed E-state index contributed by atoms with van der Waals surface area (Å²) in [7, 11) is 0. The van der Waals surface area contributed by atoms with Crippen LogP contribution in [0.5, 0.6) is 0 Å². The van der Waals surface area contributed by atoms with Crippen LogP contribution in [0.3, 0.4) is 0 Å². The number of amides is 1. The Bertz CT molecular complexity index is 447. The fourth-order valence-electron chi connectivity index (χ4n) is 3.01. The van der Waals surface area contributed by atoms with Crippen molar-refractivity contribution in [2.24, 2.45) is 5.92 Å². The normalized spacial score (nSPS) is 20.7. The summed E-state index contributed by atoms with van der Waals surface area (Å²) >= 11 is 0. The first-order valence-electron chi connectivity index (χ1n) is 7.81. The van der Waals surface area contributed by atoms with Crippen molar-refractivity contribution in [3.63, 3.8) is 0 Å². The van der Waals surface area contributed by atoms with Crippen molar-refractivity contribution >= 4 is 5.91 Å². The Morgan fingerprint density at radius 3 is 2.71 bits per heavy atom. The fourth-order valence-corrected chi connectivity index (χ4v) is 3.01. The highest BCUT2D eigenvalue weighted by atomic mass is 16.3. The summed E-state index contributed by atoms with van der Waals surface area (Å²) in [5.74, 6) is 0.376. The Kier molecular flexibility index (Phi) is 5.76. The number of nitrogens with zero attached hydrogens (tertiary/aromatic N) is 1. The number of aliphatic hydroxyl groups is 1. The first kappa shape index (κ1) is 16.0. The minimum absolute atomic E-state index is 0.0360. The molecular formula is C17H26N2O2. The lowest BCUT2D eigenvalue weighted by atomic mass is 9.96. The highest BCUT2D eigenvalue weighted by Crippen LogP contribution is 2.22. The van der Waals surface area contributed by atoms with Crippen molar-refractivity contribution < 1.29 is 9.90 Å². The number of nitrogens with one attached hydrogen (secondary N) is 1. The van der Waals surface area contributed by atoms with E-state index in [1.807, 2.05) is 18.2 Å². The van der Waals surface area contributed by atoms with Crippen molar-refractivity contribution in [2.45, 2.75) is 38.8 Å². The van der Waals surface area contributed by atoms with Gasteiger partial charge in [-0.25, -0.2) is 0 Å². The van der Waals surface area contributed by atoms with E-state index < -0.39 is 0 Å². The molecule has 4 nitrogen and oxygen atoms in total. The zero-order chi connectivity index (χ0) is 15.2. The van der Waals surface area contributed by atoms with Crippen molar-refractivity contribution in [1.29, 1.82) is 0 Å². The van der Waals surface area contributed by atoms with Gasteiger partial charge < -0.3 is 10.4 Å². The number of benzene rings is 1. The number of rotatable bonds is 6. The van der Waals surface area contributed by atoms with Crippen LogP contribution in [0.4, 0.5) is 0 Å². The number of carbonyl (C=O) groups is 1. The van der Waals surface area contributed by atoms with Gasteiger partial charge in [0.2, 0.25) is 5.91 Å². The fraction of sp³-hybridized carbons (Fsp3) is 0.588. The van der Waals surface area contributed by atoms with E-state index in [2.05, 4.69) is 36.2 Å². The molecule has 1 aliphatic rings. The standard InChI is InChI=1S/C17H26N2O2/c1-13(2)17(14-7-4-3-5-8-14)18-16(21)11-19-10-6-9-15(19)12-20/h3-5,7-8,13,15,17,20H,6,9-12H2,1-2H3,(H,18,21)/t15-,17?/m1/s1. The molecule has 1 aromatic carbocycles. The second-order valence-electron chi connectivity index (χ2n) is 6.15. The van der Waals surface area contributed by atoms with Gasteiger partial charge in [0.05, 0.1) is 19.2 Å². The maximum atomic E-state index is 12.3. The number of hydrogen-bond acceptors (Lipinski definition) is 3. The molecule has 116 valence electrons. The molecule has 0 bridgehead atoms. The second kappa shape index (κ2) is 7.57. The summed E-state index contributed by atoms with van der Waals surface area (Å²) in [6, 6.07) is 10.3. The van der Waals surface area contributed by atoms with E-state index in [9.17, 15) is 9.90 Å². The Hall–Kier alpha value is -1.39. The quantitative estimate of drug-likeness (QED) is 0.842. The molecule has 1 aromatic rings. The van der Waals surface area contributed by atoms with Crippen LogP contribution in [0, 0.1) is 5.92 Å². The Morgan fingerprint density at radius 1 is 1.38 bits per heavy atom. The van der Waals surface area contributed by atoms with Gasteiger partial charge in [0.25, 0.3) is 0 Å². The Balaban J connectivity index is 1.96. The zero-order valence-electron chi connectivity index (χ0n) is 13.0. The van der Waals surface area contributed by atoms with Gasteiger partial charge in [0, 0.05) is 6.04 Å². The molecular weight excluding hydrogens is 264 g/mol. The number of hydrogen-bond donors (Lipinski definition) is 2. The molecule has 2 rings (SSSR count). The number of likely N-dealkylation sites (tertiary alicyclic amines) is 1. The van der Waals surface area contributed by atoms with Gasteiger partial charge in [-0.15, -0.1) is 0 Å². The smallest absolute Gasteiger partial charge is 0.234 e. The highest BCUT2D eigenvalue weighted by molar-refractivity contribution is 5.78. The van der Waals surface area contributed by atoms with Gasteiger partial charge in [-0.1, -0.05) is 44.2 Å². The third kappa shape index (κ3) is 4.29. The van der Waals surface area contributed by atoms with Crippen molar-refractivity contribution in [3.05, 3.63) is 35.9 Å². The molecule has 2 N–H and O–H groups in total. The third-order valence-electron chi connectivity index (χ3n) is 4.20. The van der Waals surface area contributed by atoms with E-state index in [0.29, 0.717) is 12.5 Å². The van der Waals surface area contributed by atoms with E-state index in [1.54, 1.807) is 0 Å². The first-order chi connectivity index (χ1) is 10.1. The Labute approximate surface area is 127 Å². The topological polar surface area (TPSA) is 52.6 Å². The lowest BCUT2D eigenvalue weighted by molar-refractivity contribution is -0.123. The summed E-state index contributed by atoms with van der Waals surface area (Å²) in [6.45, 7) is 5.64. The number of carbonyl (C=O) groups excluding carboxylic acids is 1. The molecule has 1 fully saturated rings. The predicted molar refractivity (Wildman–Crippen MR) is 83.8 cm³/mol. The van der Waals surface area contributed by atoms with Gasteiger partial charge in [0.1, 0.15) is 0 Å². The zero-order valence-corrected chi connectivity index (χ0v) is 13.0. The van der Waals surface area contributed by atoms with Crippen LogP contribution in [0.25, 0.3) is 0 Å². The Morgan fingerprint density at radius 2 is 2.10 bits per heavy atom. The molecule has 0 spiro atoms. The molecule has 21 heavy (non-hydrogen) atoms. The van der Waals surface area contributed by atoms with Crippen LogP contribution in [0.1, 0.15) is 38.3 Å². The molecule has 0 radical (unpaired) electrons. The van der Waals surface area contributed by atoms with E-state index in [1.165, 1.54) is 0 Å². The molecule has 0 aromatic heterocycles. The van der Waals surface area contributed by atoms with Crippen LogP contribution in [0.2, 0.25) is 0 Å². The summed E-state index contributed by atoms with van der Waals surface area (Å²) < 4.78 is 0. The van der Waals surface area contributed by atoms with Crippen LogP contribution in [-0.2, 0) is 4.79 Å². The predicted octanol–water partition coefficient (Wildman–Crippen LogP) is 1.96. The minimum atomic E-state index is 0.0360. The average Bonchev–Trinajstić information content (AvgIpc) is 2.92. The third-order valence-corrected chi connectivity index (χ3v) is 4.20. The van der Waals surface area contributed by atoms with Crippen molar-refractivity contribution in [3.8, 4) is 0 Å². The lowest BCUT2D eigenvalue weighted by Crippen LogP contribution is -2.43. The monoisotopic (exact) mass is 290 g/mol. The van der Waals surface area contributed by atoms with Gasteiger partial charge in [-0.2, -0.15) is 0 Å². The molecule has 1 amide bonds. The van der Waals surface area contributed by atoms with E-state index in [4.69, 9.17) is 0 Å². The van der Waals surface area contributed by atoms with Gasteiger partial charge in [-0.05, 0) is 30.9 Å². The lowest BCUT2D eigenvalue weighted by Gasteiger charge is -2.26. The second-order valence-corrected chi connectivity index (χ2v) is 6.15. The molecule has 1 unspecified atom stereocenters. The van der Waals surface area contributed by atoms with Crippen LogP contribution < -0.4 is 5.32 Å². The molecule has 1 heterocycles. The molecule has 0 saturated carbocycles. The first-order valence-corrected chi connectivity index (χ1v) is 7.81. The van der Waals surface area contributed by atoms with Crippen molar-refractivity contribution in [2.75, 3.05) is 19.7 Å². The number of aliphatic hydroxyl groups excluding tert-OH is 1. The van der Waals surface area contributed by atoms with Crippen LogP contribution in [-0.4, -0.2) is 41.7 Å². The summed E-state index contributed by atoms with van der Waals surface area (Å²) in [6.07, 6.45) is 2.04.